The summed E-state index contributed by atoms with van der Waals surface area (Å²) in [5.74, 6) is 0.603. The molecule has 2 amide bonds. The first-order valence-corrected chi connectivity index (χ1v) is 14.1. The van der Waals surface area contributed by atoms with Crippen LogP contribution in [0.5, 0.6) is 5.75 Å². The summed E-state index contributed by atoms with van der Waals surface area (Å²) in [6.07, 6.45) is -0.764. The molecule has 0 heterocycles. The summed E-state index contributed by atoms with van der Waals surface area (Å²) in [7, 11) is 0. The quantitative estimate of drug-likeness (QED) is 0.132. The van der Waals surface area contributed by atoms with Crippen molar-refractivity contribution in [2.75, 3.05) is 13.2 Å². The Morgan fingerprint density at radius 3 is 2.03 bits per heavy atom. The normalized spacial score (nSPS) is 11.4. The highest BCUT2D eigenvalue weighted by Crippen LogP contribution is 2.27. The van der Waals surface area contributed by atoms with E-state index >= 15 is 0 Å². The third-order valence-electron chi connectivity index (χ3n) is 4.46. The minimum absolute atomic E-state index is 0.0848. The van der Waals surface area contributed by atoms with E-state index < -0.39 is 23.4 Å². The first kappa shape index (κ1) is 32.5. The van der Waals surface area contributed by atoms with Gasteiger partial charge in [0.1, 0.15) is 17.0 Å². The van der Waals surface area contributed by atoms with E-state index in [2.05, 4.69) is 50.6 Å². The van der Waals surface area contributed by atoms with Crippen LogP contribution in [0.15, 0.2) is 56.8 Å². The molecule has 2 aromatic carbocycles. The molecule has 2 aromatic rings. The molecule has 214 valence electrons. The number of aliphatic imine (C=N–C) groups is 1. The van der Waals surface area contributed by atoms with Crippen LogP contribution in [0.4, 0.5) is 9.59 Å². The summed E-state index contributed by atoms with van der Waals surface area (Å²) in [5, 5.41) is 4.94. The Hall–Kier alpha value is -2.76. The Kier molecular flexibility index (Phi) is 12.6. The maximum Gasteiger partial charge on any atom is 0.414 e. The predicted molar refractivity (Wildman–Crippen MR) is 157 cm³/mol. The second-order valence-electron chi connectivity index (χ2n) is 10.6. The van der Waals surface area contributed by atoms with Crippen molar-refractivity contribution in [1.82, 2.24) is 10.6 Å². The third-order valence-corrected chi connectivity index (χ3v) is 5.83. The molecule has 0 spiro atoms. The molecule has 0 atom stereocenters. The van der Waals surface area contributed by atoms with Crippen molar-refractivity contribution >= 4 is 46.1 Å². The maximum absolute atomic E-state index is 12.3. The number of guanidine groups is 1. The van der Waals surface area contributed by atoms with Crippen molar-refractivity contribution in [2.45, 2.75) is 77.5 Å². The van der Waals surface area contributed by atoms with E-state index in [1.165, 1.54) is 17.6 Å². The van der Waals surface area contributed by atoms with Gasteiger partial charge in [0.25, 0.3) is 0 Å². The molecule has 2 N–H and O–H groups in total. The van der Waals surface area contributed by atoms with Gasteiger partial charge in [0.15, 0.2) is 0 Å². The topological polar surface area (TPSA) is 107 Å². The van der Waals surface area contributed by atoms with Gasteiger partial charge in [-0.15, -0.1) is 0 Å². The van der Waals surface area contributed by atoms with Crippen molar-refractivity contribution in [3.63, 3.8) is 0 Å². The van der Waals surface area contributed by atoms with Gasteiger partial charge in [-0.3, -0.25) is 10.6 Å². The molecule has 11 heteroatoms. The lowest BCUT2D eigenvalue weighted by Gasteiger charge is -2.22. The number of nitrogens with one attached hydrogen (secondary N) is 2. The van der Waals surface area contributed by atoms with Crippen LogP contribution in [0.2, 0.25) is 0 Å². The van der Waals surface area contributed by atoms with E-state index in [-0.39, 0.29) is 12.5 Å². The van der Waals surface area contributed by atoms with E-state index in [1.54, 1.807) is 41.5 Å². The highest BCUT2D eigenvalue weighted by Gasteiger charge is 2.21. The molecule has 0 radical (unpaired) electrons. The standard InChI is InChI=1S/C28H38BrN3O6S/c1-19-9-12-21(13-10-19)39-36-16-8-15-35-23-14-11-20(17-22(23)29)18-30-24(31-25(33)37-27(2,3)4)32-26(34)38-28(5,6)7/h9-14,17H,8,15-16,18H2,1-7H3,(H2,30,31,32,33,34). The average molecular weight is 625 g/mol. The fourth-order valence-electron chi connectivity index (χ4n) is 2.84. The highest BCUT2D eigenvalue weighted by molar-refractivity contribution is 9.10. The van der Waals surface area contributed by atoms with Crippen molar-refractivity contribution < 1.29 is 28.0 Å². The minimum Gasteiger partial charge on any atom is -0.492 e. The number of carbonyl (C=O) groups excluding carboxylic acids is 2. The summed E-state index contributed by atoms with van der Waals surface area (Å²) in [6.45, 7) is 13.7. The van der Waals surface area contributed by atoms with Crippen LogP contribution >= 0.6 is 28.0 Å². The zero-order valence-electron chi connectivity index (χ0n) is 23.6. The van der Waals surface area contributed by atoms with Gasteiger partial charge in [0, 0.05) is 23.4 Å². The number of hydrogen-bond acceptors (Lipinski definition) is 8. The van der Waals surface area contributed by atoms with Crippen molar-refractivity contribution in [3.8, 4) is 5.75 Å². The van der Waals surface area contributed by atoms with Gasteiger partial charge < -0.3 is 18.4 Å². The van der Waals surface area contributed by atoms with E-state index in [1.807, 2.05) is 30.3 Å². The number of ether oxygens (including phenoxy) is 3. The Labute approximate surface area is 243 Å². The van der Waals surface area contributed by atoms with Gasteiger partial charge in [-0.05, 0) is 94.2 Å². The molecule has 39 heavy (non-hydrogen) atoms. The van der Waals surface area contributed by atoms with Gasteiger partial charge in [0.2, 0.25) is 5.96 Å². The summed E-state index contributed by atoms with van der Waals surface area (Å²) in [6, 6.07) is 13.7. The second-order valence-corrected chi connectivity index (χ2v) is 12.3. The molecule has 0 aliphatic heterocycles. The van der Waals surface area contributed by atoms with E-state index in [9.17, 15) is 9.59 Å². The van der Waals surface area contributed by atoms with E-state index in [4.69, 9.17) is 18.4 Å². The number of benzene rings is 2. The molecule has 0 aliphatic rings. The molecule has 0 saturated heterocycles. The SMILES string of the molecule is Cc1ccc(SOCCCOc2ccc(CN=C(NC(=O)OC(C)(C)C)NC(=O)OC(C)(C)C)cc2Br)cc1. The Morgan fingerprint density at radius 2 is 1.49 bits per heavy atom. The molecular weight excluding hydrogens is 586 g/mol. The second kappa shape index (κ2) is 15.1. The van der Waals surface area contributed by atoms with Crippen LogP contribution < -0.4 is 15.4 Å². The number of carbonyl (C=O) groups is 2. The number of hydrogen-bond donors (Lipinski definition) is 2. The predicted octanol–water partition coefficient (Wildman–Crippen LogP) is 7.16. The molecule has 0 aliphatic carbocycles. The fraction of sp³-hybridized carbons (Fsp3) is 0.464. The number of nitrogens with zero attached hydrogens (tertiary/aromatic N) is 1. The highest BCUT2D eigenvalue weighted by atomic mass is 79.9. The van der Waals surface area contributed by atoms with Crippen LogP contribution in [0.1, 0.15) is 59.1 Å². The maximum atomic E-state index is 12.3. The molecule has 0 fully saturated rings. The monoisotopic (exact) mass is 623 g/mol. The van der Waals surface area contributed by atoms with Crippen LogP contribution in [-0.2, 0) is 20.2 Å². The van der Waals surface area contributed by atoms with Crippen LogP contribution in [0.25, 0.3) is 0 Å². The number of halogens is 1. The zero-order chi connectivity index (χ0) is 29.1. The molecule has 0 bridgehead atoms. The number of rotatable bonds is 9. The van der Waals surface area contributed by atoms with Crippen LogP contribution in [0, 0.1) is 6.92 Å². The zero-order valence-corrected chi connectivity index (χ0v) is 26.0. The minimum atomic E-state index is -0.747. The largest absolute Gasteiger partial charge is 0.492 e. The van der Waals surface area contributed by atoms with Gasteiger partial charge in [-0.1, -0.05) is 23.8 Å². The van der Waals surface area contributed by atoms with Gasteiger partial charge in [0.05, 0.1) is 24.2 Å². The Bertz CT molecular complexity index is 1100. The molecule has 0 saturated carbocycles. The molecule has 0 aromatic heterocycles. The molecule has 9 nitrogen and oxygen atoms in total. The smallest absolute Gasteiger partial charge is 0.414 e. The van der Waals surface area contributed by atoms with Crippen LogP contribution in [-0.4, -0.2) is 42.6 Å². The van der Waals surface area contributed by atoms with Gasteiger partial charge in [-0.25, -0.2) is 14.6 Å². The lowest BCUT2D eigenvalue weighted by molar-refractivity contribution is 0.0545. The third kappa shape index (κ3) is 14.3. The van der Waals surface area contributed by atoms with E-state index in [0.29, 0.717) is 19.0 Å². The van der Waals surface area contributed by atoms with Crippen molar-refractivity contribution in [3.05, 3.63) is 58.1 Å². The number of amides is 2. The average Bonchev–Trinajstić information content (AvgIpc) is 2.79. The molecule has 2 rings (SSSR count). The summed E-state index contributed by atoms with van der Waals surface area (Å²) >= 11 is 4.89. The fourth-order valence-corrected chi connectivity index (χ4v) is 3.97. The Morgan fingerprint density at radius 1 is 0.897 bits per heavy atom. The molecular formula is C28H38BrN3O6S. The lowest BCUT2D eigenvalue weighted by atomic mass is 10.2. The summed E-state index contributed by atoms with van der Waals surface area (Å²) in [5.41, 5.74) is 0.606. The summed E-state index contributed by atoms with van der Waals surface area (Å²) in [4.78, 5) is 29.9. The Balaban J connectivity index is 1.90. The van der Waals surface area contributed by atoms with E-state index in [0.717, 1.165) is 21.4 Å². The van der Waals surface area contributed by atoms with Crippen molar-refractivity contribution in [2.24, 2.45) is 4.99 Å². The first-order valence-electron chi connectivity index (χ1n) is 12.5. The lowest BCUT2D eigenvalue weighted by Crippen LogP contribution is -2.47. The first-order chi connectivity index (χ1) is 18.2. The van der Waals surface area contributed by atoms with Crippen molar-refractivity contribution in [1.29, 1.82) is 0 Å². The van der Waals surface area contributed by atoms with Gasteiger partial charge in [-0.2, -0.15) is 0 Å². The number of alkyl carbamates (subject to hydrolysis) is 2. The molecule has 0 unspecified atom stereocenters. The van der Waals surface area contributed by atoms with Crippen LogP contribution in [0.3, 0.4) is 0 Å². The summed E-state index contributed by atoms with van der Waals surface area (Å²) < 4.78 is 22.8. The van der Waals surface area contributed by atoms with Gasteiger partial charge >= 0.3 is 12.2 Å². The number of aryl methyl sites for hydroxylation is 1.